The summed E-state index contributed by atoms with van der Waals surface area (Å²) < 4.78 is 0. The van der Waals surface area contributed by atoms with Crippen molar-refractivity contribution in [3.8, 4) is 0 Å². The normalized spacial score (nSPS) is 9.70. The van der Waals surface area contributed by atoms with E-state index in [-0.39, 0.29) is 5.48 Å². The number of anilines is 3. The highest BCUT2D eigenvalue weighted by atomic mass is 31.1. The van der Waals surface area contributed by atoms with E-state index >= 15 is 0 Å². The molecule has 0 amide bonds. The third-order valence-corrected chi connectivity index (χ3v) is 6.12. The molecule has 0 aliphatic carbocycles. The van der Waals surface area contributed by atoms with E-state index in [1.807, 2.05) is 18.2 Å². The molecule has 0 radical (unpaired) electrons. The van der Waals surface area contributed by atoms with Crippen LogP contribution in [0, 0.1) is 0 Å². The van der Waals surface area contributed by atoms with Crippen LogP contribution in [-0.2, 0) is 0 Å². The number of nitrogens with zero attached hydrogens (tertiary/aromatic N) is 1. The van der Waals surface area contributed by atoms with E-state index in [0.29, 0.717) is 0 Å². The van der Waals surface area contributed by atoms with Crippen LogP contribution in [0.15, 0.2) is 152 Å². The number of para-hydroxylation sites is 3. The molecular formula is C30H28NOP. The number of hydrogen-bond donors (Lipinski definition) is 0. The highest BCUT2D eigenvalue weighted by molar-refractivity contribution is 7.55. The van der Waals surface area contributed by atoms with Gasteiger partial charge in [0.1, 0.15) is 0 Å². The minimum atomic E-state index is 0. The summed E-state index contributed by atoms with van der Waals surface area (Å²) >= 11 is 0. The molecule has 0 bridgehead atoms. The maximum atomic E-state index is 2.25. The Labute approximate surface area is 198 Å². The lowest BCUT2D eigenvalue weighted by Crippen LogP contribution is -2.09. The molecule has 33 heavy (non-hydrogen) atoms. The summed E-state index contributed by atoms with van der Waals surface area (Å²) in [6, 6.07) is 52.4. The van der Waals surface area contributed by atoms with Crippen LogP contribution in [0.5, 0.6) is 0 Å². The van der Waals surface area contributed by atoms with Gasteiger partial charge >= 0.3 is 0 Å². The molecule has 0 aromatic heterocycles. The van der Waals surface area contributed by atoms with Gasteiger partial charge in [0.15, 0.2) is 0 Å². The van der Waals surface area contributed by atoms with Crippen molar-refractivity contribution < 1.29 is 5.48 Å². The molecule has 0 heterocycles. The van der Waals surface area contributed by atoms with Gasteiger partial charge in [0, 0.05) is 17.1 Å². The first-order valence-electron chi connectivity index (χ1n) is 10.7. The van der Waals surface area contributed by atoms with Crippen LogP contribution in [0.4, 0.5) is 17.1 Å². The summed E-state index contributed by atoms with van der Waals surface area (Å²) in [6.07, 6.45) is 0. The minimum Gasteiger partial charge on any atom is -0.412 e. The Bertz CT molecular complexity index is 1040. The summed E-state index contributed by atoms with van der Waals surface area (Å²) in [7, 11) is 0.777. The van der Waals surface area contributed by atoms with Crippen molar-refractivity contribution in [2.75, 3.05) is 4.90 Å². The van der Waals surface area contributed by atoms with Crippen LogP contribution in [-0.4, -0.2) is 5.48 Å². The molecule has 5 aromatic rings. The van der Waals surface area contributed by atoms with Crippen molar-refractivity contribution in [3.05, 3.63) is 152 Å². The molecule has 0 saturated heterocycles. The molecule has 0 spiro atoms. The zero-order valence-electron chi connectivity index (χ0n) is 18.4. The molecule has 0 fully saturated rings. The third-order valence-electron chi connectivity index (χ3n) is 4.88. The molecule has 0 aliphatic heterocycles. The van der Waals surface area contributed by atoms with E-state index in [2.05, 4.69) is 138 Å². The van der Waals surface area contributed by atoms with Crippen molar-refractivity contribution in [2.24, 2.45) is 0 Å². The van der Waals surface area contributed by atoms with Gasteiger partial charge in [0.05, 0.1) is 0 Å². The molecule has 164 valence electrons. The molecule has 0 aliphatic rings. The van der Waals surface area contributed by atoms with E-state index in [1.54, 1.807) is 0 Å². The summed E-state index contributed by atoms with van der Waals surface area (Å²) in [6.45, 7) is 0. The Morgan fingerprint density at radius 1 is 0.333 bits per heavy atom. The molecule has 3 heteroatoms. The lowest BCUT2D eigenvalue weighted by atomic mass is 10.2. The van der Waals surface area contributed by atoms with Gasteiger partial charge in [-0.05, 0) is 47.0 Å². The third kappa shape index (κ3) is 7.15. The molecular weight excluding hydrogens is 421 g/mol. The van der Waals surface area contributed by atoms with Gasteiger partial charge in [0.2, 0.25) is 0 Å². The first kappa shape index (κ1) is 23.9. The summed E-state index contributed by atoms with van der Waals surface area (Å²) in [5, 5.41) is 2.79. The SMILES string of the molecule is O.c1ccc(N(c2ccccc2)c2ccccc2)cc1.c1ccc(Pc2ccccc2)cc1. The van der Waals surface area contributed by atoms with Gasteiger partial charge in [-0.2, -0.15) is 0 Å². The summed E-state index contributed by atoms with van der Waals surface area (Å²) in [5.74, 6) is 0. The Morgan fingerprint density at radius 2 is 0.576 bits per heavy atom. The van der Waals surface area contributed by atoms with Gasteiger partial charge in [-0.15, -0.1) is 0 Å². The zero-order valence-corrected chi connectivity index (χ0v) is 19.4. The smallest absolute Gasteiger partial charge is 0.0461 e. The highest BCUT2D eigenvalue weighted by Gasteiger charge is 2.10. The van der Waals surface area contributed by atoms with Crippen LogP contribution >= 0.6 is 8.58 Å². The molecule has 2 nitrogen and oxygen atoms in total. The van der Waals surface area contributed by atoms with Crippen molar-refractivity contribution >= 4 is 36.3 Å². The highest BCUT2D eigenvalue weighted by Crippen LogP contribution is 2.33. The lowest BCUT2D eigenvalue weighted by Gasteiger charge is -2.25. The van der Waals surface area contributed by atoms with Crippen molar-refractivity contribution in [1.29, 1.82) is 0 Å². The fraction of sp³-hybridized carbons (Fsp3) is 0. The fourth-order valence-electron chi connectivity index (χ4n) is 3.39. The van der Waals surface area contributed by atoms with E-state index < -0.39 is 0 Å². The van der Waals surface area contributed by atoms with E-state index in [0.717, 1.165) is 8.58 Å². The van der Waals surface area contributed by atoms with Crippen LogP contribution in [0.2, 0.25) is 0 Å². The van der Waals surface area contributed by atoms with E-state index in [9.17, 15) is 0 Å². The minimum absolute atomic E-state index is 0. The molecule has 0 saturated carbocycles. The predicted octanol–water partition coefficient (Wildman–Crippen LogP) is 6.65. The van der Waals surface area contributed by atoms with Crippen LogP contribution < -0.4 is 15.5 Å². The molecule has 2 N–H and O–H groups in total. The molecule has 0 atom stereocenters. The largest absolute Gasteiger partial charge is 0.412 e. The second kappa shape index (κ2) is 13.0. The van der Waals surface area contributed by atoms with E-state index in [4.69, 9.17) is 0 Å². The topological polar surface area (TPSA) is 34.7 Å². The van der Waals surface area contributed by atoms with Gasteiger partial charge in [0.25, 0.3) is 0 Å². The average Bonchev–Trinajstić information content (AvgIpc) is 2.88. The molecule has 0 unspecified atom stereocenters. The molecule has 5 rings (SSSR count). The zero-order chi connectivity index (χ0) is 21.8. The van der Waals surface area contributed by atoms with Gasteiger partial charge < -0.3 is 10.4 Å². The number of hydrogen-bond acceptors (Lipinski definition) is 1. The van der Waals surface area contributed by atoms with Crippen LogP contribution in [0.1, 0.15) is 0 Å². The number of rotatable bonds is 5. The van der Waals surface area contributed by atoms with Crippen molar-refractivity contribution in [3.63, 3.8) is 0 Å². The Balaban J connectivity index is 0.000000192. The second-order valence-electron chi connectivity index (χ2n) is 7.20. The van der Waals surface area contributed by atoms with Gasteiger partial charge in [-0.1, -0.05) is 124 Å². The van der Waals surface area contributed by atoms with Gasteiger partial charge in [-0.25, -0.2) is 0 Å². The number of benzene rings is 5. The quantitative estimate of drug-likeness (QED) is 0.277. The van der Waals surface area contributed by atoms with E-state index in [1.165, 1.54) is 27.7 Å². The van der Waals surface area contributed by atoms with Crippen molar-refractivity contribution in [1.82, 2.24) is 0 Å². The first-order valence-corrected chi connectivity index (χ1v) is 11.7. The second-order valence-corrected chi connectivity index (χ2v) is 8.60. The van der Waals surface area contributed by atoms with Crippen LogP contribution in [0.25, 0.3) is 0 Å². The Hall–Kier alpha value is -3.71. The van der Waals surface area contributed by atoms with Crippen molar-refractivity contribution in [2.45, 2.75) is 0 Å². The summed E-state index contributed by atoms with van der Waals surface area (Å²) in [4.78, 5) is 2.25. The maximum Gasteiger partial charge on any atom is 0.0461 e. The average molecular weight is 450 g/mol. The van der Waals surface area contributed by atoms with Gasteiger partial charge in [-0.3, -0.25) is 0 Å². The Morgan fingerprint density at radius 3 is 0.848 bits per heavy atom. The predicted molar refractivity (Wildman–Crippen MR) is 145 cm³/mol. The monoisotopic (exact) mass is 449 g/mol. The summed E-state index contributed by atoms with van der Waals surface area (Å²) in [5.41, 5.74) is 3.50. The first-order chi connectivity index (χ1) is 15.9. The standard InChI is InChI=1S/C18H15N.C12H11P.H2O/c1-4-10-16(11-5-1)19(17-12-6-2-7-13-17)18-14-8-3-9-15-18;1-3-7-11(8-4-1)13-12-9-5-2-6-10-12;/h1-15H;1-10,13H;1H2. The Kier molecular flexibility index (Phi) is 9.42. The lowest BCUT2D eigenvalue weighted by molar-refractivity contribution is 0.824. The fourth-order valence-corrected chi connectivity index (χ4v) is 4.44. The maximum absolute atomic E-state index is 2.25. The van der Waals surface area contributed by atoms with Crippen LogP contribution in [0.3, 0.4) is 0 Å². The molecule has 5 aromatic carbocycles.